The summed E-state index contributed by atoms with van der Waals surface area (Å²) in [6.45, 7) is 3.76. The zero-order valence-electron chi connectivity index (χ0n) is 11.7. The zero-order valence-corrected chi connectivity index (χ0v) is 13.2. The summed E-state index contributed by atoms with van der Waals surface area (Å²) in [4.78, 5) is 23.9. The predicted molar refractivity (Wildman–Crippen MR) is 80.5 cm³/mol. The molecule has 1 fully saturated rings. The van der Waals surface area contributed by atoms with Crippen molar-refractivity contribution < 1.29 is 14.3 Å². The number of hydrogen-bond donors (Lipinski definition) is 2. The maximum Gasteiger partial charge on any atom is 0.315 e. The van der Waals surface area contributed by atoms with Crippen LogP contribution in [0.1, 0.15) is 25.5 Å². The molecular weight excluding hydrogens is 315 g/mol. The fourth-order valence-corrected chi connectivity index (χ4v) is 2.89. The standard InChI is InChI=1S/C14H16Cl2N2O3/c1-3-21-13(19)10-7(2)17-14(20)18-12(10)8-5-4-6-9(15)11(8)16/h4-7,10,12H,3H2,1-2H3,(H2,17,18,20). The number of nitrogens with one attached hydrogen (secondary N) is 2. The molecule has 1 saturated heterocycles. The number of benzene rings is 1. The van der Waals surface area contributed by atoms with E-state index in [2.05, 4.69) is 10.6 Å². The molecule has 3 unspecified atom stereocenters. The van der Waals surface area contributed by atoms with Crippen molar-refractivity contribution in [3.8, 4) is 0 Å². The number of urea groups is 1. The van der Waals surface area contributed by atoms with Gasteiger partial charge in [0, 0.05) is 6.04 Å². The number of rotatable bonds is 3. The van der Waals surface area contributed by atoms with E-state index in [1.807, 2.05) is 0 Å². The minimum atomic E-state index is -0.585. The van der Waals surface area contributed by atoms with Crippen molar-refractivity contribution in [2.45, 2.75) is 25.9 Å². The highest BCUT2D eigenvalue weighted by Crippen LogP contribution is 2.36. The molecule has 114 valence electrons. The van der Waals surface area contributed by atoms with E-state index < -0.39 is 17.9 Å². The first-order valence-electron chi connectivity index (χ1n) is 6.63. The average Bonchev–Trinajstić information content (AvgIpc) is 2.41. The fraction of sp³-hybridized carbons (Fsp3) is 0.429. The van der Waals surface area contributed by atoms with Crippen LogP contribution in [-0.2, 0) is 9.53 Å². The first-order chi connectivity index (χ1) is 9.95. The normalized spacial score (nSPS) is 25.0. The van der Waals surface area contributed by atoms with Gasteiger partial charge in [-0.3, -0.25) is 4.79 Å². The number of esters is 1. The highest BCUT2D eigenvalue weighted by Gasteiger charge is 2.41. The lowest BCUT2D eigenvalue weighted by molar-refractivity contribution is -0.150. The lowest BCUT2D eigenvalue weighted by Gasteiger charge is -2.36. The van der Waals surface area contributed by atoms with Gasteiger partial charge in [-0.25, -0.2) is 4.79 Å². The fourth-order valence-electron chi connectivity index (χ4n) is 2.47. The Kier molecular flexibility index (Phi) is 4.96. The molecule has 1 heterocycles. The molecule has 0 saturated carbocycles. The SMILES string of the molecule is CCOC(=O)C1C(C)NC(=O)NC1c1cccc(Cl)c1Cl. The Bertz CT molecular complexity index is 565. The van der Waals surface area contributed by atoms with E-state index in [1.165, 1.54) is 0 Å². The summed E-state index contributed by atoms with van der Waals surface area (Å²) in [5.74, 6) is -0.975. The Labute approximate surface area is 132 Å². The van der Waals surface area contributed by atoms with Crippen LogP contribution in [0.5, 0.6) is 0 Å². The number of carbonyl (C=O) groups excluding carboxylic acids is 2. The summed E-state index contributed by atoms with van der Waals surface area (Å²) in [5.41, 5.74) is 0.601. The summed E-state index contributed by atoms with van der Waals surface area (Å²) in [6, 6.07) is 3.80. The molecule has 1 aliphatic rings. The highest BCUT2D eigenvalue weighted by atomic mass is 35.5. The van der Waals surface area contributed by atoms with Gasteiger partial charge in [-0.05, 0) is 25.5 Å². The third-order valence-corrected chi connectivity index (χ3v) is 4.25. The first kappa shape index (κ1) is 15.9. The second-order valence-corrected chi connectivity index (χ2v) is 5.59. The van der Waals surface area contributed by atoms with E-state index in [0.717, 1.165) is 0 Å². The minimum absolute atomic E-state index is 0.270. The number of ether oxygens (including phenoxy) is 1. The van der Waals surface area contributed by atoms with Crippen molar-refractivity contribution >= 4 is 35.2 Å². The monoisotopic (exact) mass is 330 g/mol. The van der Waals surface area contributed by atoms with Crippen molar-refractivity contribution in [2.75, 3.05) is 6.61 Å². The average molecular weight is 331 g/mol. The molecule has 0 bridgehead atoms. The largest absolute Gasteiger partial charge is 0.466 e. The summed E-state index contributed by atoms with van der Waals surface area (Å²) in [7, 11) is 0. The number of carbonyl (C=O) groups is 2. The van der Waals surface area contributed by atoms with Gasteiger partial charge in [-0.15, -0.1) is 0 Å². The predicted octanol–water partition coefficient (Wildman–Crippen LogP) is 2.92. The molecule has 5 nitrogen and oxygen atoms in total. The molecule has 21 heavy (non-hydrogen) atoms. The van der Waals surface area contributed by atoms with Crippen molar-refractivity contribution in [3.05, 3.63) is 33.8 Å². The first-order valence-corrected chi connectivity index (χ1v) is 7.38. The van der Waals surface area contributed by atoms with Crippen molar-refractivity contribution in [1.82, 2.24) is 10.6 Å². The van der Waals surface area contributed by atoms with E-state index >= 15 is 0 Å². The van der Waals surface area contributed by atoms with Gasteiger partial charge in [-0.2, -0.15) is 0 Å². The number of hydrogen-bond acceptors (Lipinski definition) is 3. The molecule has 2 amide bonds. The Morgan fingerprint density at radius 3 is 2.71 bits per heavy atom. The molecule has 2 rings (SSSR count). The third-order valence-electron chi connectivity index (χ3n) is 3.42. The van der Waals surface area contributed by atoms with Crippen LogP contribution >= 0.6 is 23.2 Å². The van der Waals surface area contributed by atoms with Crippen molar-refractivity contribution in [2.24, 2.45) is 5.92 Å². The maximum atomic E-state index is 12.2. The molecule has 0 spiro atoms. The highest BCUT2D eigenvalue weighted by molar-refractivity contribution is 6.42. The Hall–Kier alpha value is -1.46. The van der Waals surface area contributed by atoms with E-state index in [0.29, 0.717) is 15.6 Å². The van der Waals surface area contributed by atoms with Gasteiger partial charge in [0.15, 0.2) is 0 Å². The minimum Gasteiger partial charge on any atom is -0.466 e. The molecule has 0 aliphatic carbocycles. The van der Waals surface area contributed by atoms with Gasteiger partial charge >= 0.3 is 12.0 Å². The van der Waals surface area contributed by atoms with Crippen LogP contribution in [0.25, 0.3) is 0 Å². The van der Waals surface area contributed by atoms with Gasteiger partial charge in [0.25, 0.3) is 0 Å². The van der Waals surface area contributed by atoms with Gasteiger partial charge in [0.1, 0.15) is 5.92 Å². The Balaban J connectivity index is 2.42. The molecule has 0 aromatic heterocycles. The molecule has 1 aromatic rings. The number of amides is 2. The van der Waals surface area contributed by atoms with Crippen LogP contribution in [-0.4, -0.2) is 24.6 Å². The lowest BCUT2D eigenvalue weighted by Crippen LogP contribution is -2.57. The Morgan fingerprint density at radius 2 is 2.05 bits per heavy atom. The van der Waals surface area contributed by atoms with Crippen LogP contribution in [0.4, 0.5) is 4.79 Å². The van der Waals surface area contributed by atoms with E-state index in [9.17, 15) is 9.59 Å². The van der Waals surface area contributed by atoms with Gasteiger partial charge in [-0.1, -0.05) is 35.3 Å². The van der Waals surface area contributed by atoms with Crippen LogP contribution in [0, 0.1) is 5.92 Å². The topological polar surface area (TPSA) is 67.4 Å². The molecular formula is C14H16Cl2N2O3. The van der Waals surface area contributed by atoms with Gasteiger partial charge in [0.05, 0.1) is 22.7 Å². The van der Waals surface area contributed by atoms with E-state index in [4.69, 9.17) is 27.9 Å². The summed E-state index contributed by atoms with van der Waals surface area (Å²) >= 11 is 12.2. The smallest absolute Gasteiger partial charge is 0.315 e. The maximum absolute atomic E-state index is 12.2. The van der Waals surface area contributed by atoms with Crippen LogP contribution < -0.4 is 10.6 Å². The molecule has 1 aliphatic heterocycles. The number of halogens is 2. The summed E-state index contributed by atoms with van der Waals surface area (Å²) in [5, 5.41) is 6.10. The molecule has 3 atom stereocenters. The van der Waals surface area contributed by atoms with Gasteiger partial charge in [0.2, 0.25) is 0 Å². The van der Waals surface area contributed by atoms with Gasteiger partial charge < -0.3 is 15.4 Å². The second-order valence-electron chi connectivity index (χ2n) is 4.81. The molecule has 2 N–H and O–H groups in total. The lowest BCUT2D eigenvalue weighted by atomic mass is 9.86. The molecule has 0 radical (unpaired) electrons. The third kappa shape index (κ3) is 3.24. The Morgan fingerprint density at radius 1 is 1.33 bits per heavy atom. The quantitative estimate of drug-likeness (QED) is 0.837. The molecule has 7 heteroatoms. The van der Waals surface area contributed by atoms with Crippen LogP contribution in [0.15, 0.2) is 18.2 Å². The second kappa shape index (κ2) is 6.54. The van der Waals surface area contributed by atoms with E-state index in [-0.39, 0.29) is 18.7 Å². The van der Waals surface area contributed by atoms with Crippen molar-refractivity contribution in [3.63, 3.8) is 0 Å². The van der Waals surface area contributed by atoms with E-state index in [1.54, 1.807) is 32.0 Å². The van der Waals surface area contributed by atoms with Crippen molar-refractivity contribution in [1.29, 1.82) is 0 Å². The van der Waals surface area contributed by atoms with Crippen LogP contribution in [0.2, 0.25) is 10.0 Å². The van der Waals surface area contributed by atoms with Crippen LogP contribution in [0.3, 0.4) is 0 Å². The molecule has 1 aromatic carbocycles. The zero-order chi connectivity index (χ0) is 15.6. The summed E-state index contributed by atoms with van der Waals surface area (Å²) in [6.07, 6.45) is 0. The summed E-state index contributed by atoms with van der Waals surface area (Å²) < 4.78 is 5.10.